The lowest BCUT2D eigenvalue weighted by molar-refractivity contribution is 0.821. The largest absolute Gasteiger partial charge is 0.250 e. The van der Waals surface area contributed by atoms with Gasteiger partial charge < -0.3 is 0 Å². The van der Waals surface area contributed by atoms with Gasteiger partial charge in [0.1, 0.15) is 5.82 Å². The van der Waals surface area contributed by atoms with Gasteiger partial charge >= 0.3 is 0 Å². The predicted octanol–water partition coefficient (Wildman–Crippen LogP) is 4.09. The molecule has 0 fully saturated rings. The highest BCUT2D eigenvalue weighted by atomic mass is 35.5. The molecule has 1 N–H and O–H groups in total. The van der Waals surface area contributed by atoms with E-state index in [9.17, 15) is 0 Å². The van der Waals surface area contributed by atoms with Crippen molar-refractivity contribution in [3.63, 3.8) is 0 Å². The minimum atomic E-state index is 0.348. The second kappa shape index (κ2) is 5.40. The third-order valence-electron chi connectivity index (χ3n) is 2.19. The van der Waals surface area contributed by atoms with Gasteiger partial charge in [0.25, 0.3) is 0 Å². The summed E-state index contributed by atoms with van der Waals surface area (Å²) in [7, 11) is 0. The van der Waals surface area contributed by atoms with E-state index in [1.807, 2.05) is 0 Å². The number of nitrogens with one attached hydrogen (secondary N) is 1. The van der Waals surface area contributed by atoms with E-state index in [1.54, 1.807) is 19.1 Å². The van der Waals surface area contributed by atoms with Crippen LogP contribution in [0.25, 0.3) is 0 Å². The minimum Gasteiger partial charge on any atom is -0.250 e. The monoisotopic (exact) mass is 320 g/mol. The Morgan fingerprint density at radius 3 is 2.61 bits per heavy atom. The average Bonchev–Trinajstić information content (AvgIpc) is 2.65. The van der Waals surface area contributed by atoms with Gasteiger partial charge in [0, 0.05) is 5.56 Å². The van der Waals surface area contributed by atoms with Crippen molar-refractivity contribution in [2.45, 2.75) is 6.92 Å². The lowest BCUT2D eigenvalue weighted by atomic mass is 10.2. The molecule has 1 aromatic carbocycles. The van der Waals surface area contributed by atoms with Crippen LogP contribution in [0.3, 0.4) is 0 Å². The first kappa shape index (κ1) is 13.5. The molecule has 0 radical (unpaired) electrons. The Labute approximate surface area is 123 Å². The van der Waals surface area contributed by atoms with Crippen molar-refractivity contribution < 1.29 is 0 Å². The molecular weight excluding hydrogens is 315 g/mol. The van der Waals surface area contributed by atoms with Gasteiger partial charge in [-0.05, 0) is 31.3 Å². The molecule has 18 heavy (non-hydrogen) atoms. The van der Waals surface area contributed by atoms with E-state index in [0.717, 1.165) is 0 Å². The highest BCUT2D eigenvalue weighted by molar-refractivity contribution is 7.71. The number of benzene rings is 1. The third-order valence-corrected chi connectivity index (χ3v) is 3.61. The summed E-state index contributed by atoms with van der Waals surface area (Å²) in [5, 5.41) is 11.9. The van der Waals surface area contributed by atoms with Crippen LogP contribution < -0.4 is 0 Å². The zero-order valence-electron chi connectivity index (χ0n) is 9.12. The molecule has 0 unspecified atom stereocenters. The van der Waals surface area contributed by atoms with Crippen molar-refractivity contribution in [1.82, 2.24) is 14.9 Å². The Balaban J connectivity index is 2.47. The van der Waals surface area contributed by atoms with Crippen molar-refractivity contribution in [2.75, 3.05) is 0 Å². The van der Waals surface area contributed by atoms with Crippen LogP contribution in [0.5, 0.6) is 0 Å². The van der Waals surface area contributed by atoms with Crippen LogP contribution in [0.4, 0.5) is 0 Å². The molecule has 4 nitrogen and oxygen atoms in total. The Hall–Kier alpha value is -0.880. The molecule has 1 aromatic heterocycles. The maximum Gasteiger partial charge on any atom is 0.216 e. The van der Waals surface area contributed by atoms with Gasteiger partial charge in [-0.3, -0.25) is 5.10 Å². The first-order valence-electron chi connectivity index (χ1n) is 4.82. The van der Waals surface area contributed by atoms with Crippen LogP contribution in [0.15, 0.2) is 17.2 Å². The number of nitrogens with zero attached hydrogens (tertiary/aromatic N) is 3. The van der Waals surface area contributed by atoms with Crippen LogP contribution in [0.1, 0.15) is 11.4 Å². The van der Waals surface area contributed by atoms with E-state index in [2.05, 4.69) is 15.3 Å². The summed E-state index contributed by atoms with van der Waals surface area (Å²) in [5.74, 6) is 0.630. The van der Waals surface area contributed by atoms with Crippen molar-refractivity contribution in [2.24, 2.45) is 5.10 Å². The van der Waals surface area contributed by atoms with Gasteiger partial charge in [0.15, 0.2) is 0 Å². The Bertz CT molecular complexity index is 674. The van der Waals surface area contributed by atoms with Gasteiger partial charge in [0.2, 0.25) is 4.77 Å². The van der Waals surface area contributed by atoms with E-state index >= 15 is 0 Å². The Morgan fingerprint density at radius 1 is 1.33 bits per heavy atom. The lowest BCUT2D eigenvalue weighted by Gasteiger charge is -2.03. The van der Waals surface area contributed by atoms with Gasteiger partial charge in [-0.25, -0.2) is 0 Å². The van der Waals surface area contributed by atoms with E-state index in [-0.39, 0.29) is 0 Å². The number of aromatic amines is 1. The number of H-pyrrole nitrogens is 1. The molecule has 0 bridgehead atoms. The molecule has 0 amide bonds. The van der Waals surface area contributed by atoms with E-state index in [4.69, 9.17) is 47.0 Å². The molecule has 0 atom stereocenters. The molecule has 1 heterocycles. The topological polar surface area (TPSA) is 46.0 Å². The van der Waals surface area contributed by atoms with E-state index in [0.29, 0.717) is 31.2 Å². The number of aryl methyl sites for hydroxylation is 1. The molecular formula is C10H7Cl3N4S. The zero-order chi connectivity index (χ0) is 13.3. The molecule has 0 aliphatic carbocycles. The molecule has 0 saturated heterocycles. The zero-order valence-corrected chi connectivity index (χ0v) is 12.2. The van der Waals surface area contributed by atoms with Gasteiger partial charge in [-0.1, -0.05) is 34.8 Å². The number of aromatic nitrogens is 3. The third kappa shape index (κ3) is 2.59. The SMILES string of the molecule is Cc1n[nH]c(=S)n1/N=C\c1c(Cl)ccc(Cl)c1Cl. The Kier molecular flexibility index (Phi) is 4.07. The first-order valence-corrected chi connectivity index (χ1v) is 6.37. The maximum atomic E-state index is 6.05. The van der Waals surface area contributed by atoms with Crippen molar-refractivity contribution in [3.8, 4) is 0 Å². The molecule has 0 saturated carbocycles. The van der Waals surface area contributed by atoms with E-state index in [1.165, 1.54) is 10.9 Å². The summed E-state index contributed by atoms with van der Waals surface area (Å²) < 4.78 is 1.85. The van der Waals surface area contributed by atoms with Crippen molar-refractivity contribution >= 4 is 53.2 Å². The summed E-state index contributed by atoms with van der Waals surface area (Å²) in [5.41, 5.74) is 0.535. The van der Waals surface area contributed by atoms with Crippen LogP contribution in [-0.2, 0) is 0 Å². The molecule has 0 aliphatic heterocycles. The van der Waals surface area contributed by atoms with Gasteiger partial charge in [-0.2, -0.15) is 14.9 Å². The molecule has 0 aliphatic rings. The second-order valence-corrected chi connectivity index (χ2v) is 4.97. The maximum absolute atomic E-state index is 6.05. The van der Waals surface area contributed by atoms with E-state index < -0.39 is 0 Å². The number of rotatable bonds is 2. The lowest BCUT2D eigenvalue weighted by Crippen LogP contribution is -1.95. The van der Waals surface area contributed by atoms with Crippen molar-refractivity contribution in [1.29, 1.82) is 0 Å². The quantitative estimate of drug-likeness (QED) is 0.514. The van der Waals surface area contributed by atoms with Crippen LogP contribution in [0, 0.1) is 11.7 Å². The van der Waals surface area contributed by atoms with Gasteiger partial charge in [-0.15, -0.1) is 0 Å². The summed E-state index contributed by atoms with van der Waals surface area (Å²) in [6, 6.07) is 3.27. The predicted molar refractivity (Wildman–Crippen MR) is 76.6 cm³/mol. The minimum absolute atomic E-state index is 0.348. The summed E-state index contributed by atoms with van der Waals surface area (Å²) >= 11 is 23.0. The van der Waals surface area contributed by atoms with Crippen molar-refractivity contribution in [3.05, 3.63) is 43.4 Å². The Morgan fingerprint density at radius 2 is 2.00 bits per heavy atom. The smallest absolute Gasteiger partial charge is 0.216 e. The fraction of sp³-hybridized carbons (Fsp3) is 0.100. The summed E-state index contributed by atoms with van der Waals surface area (Å²) in [4.78, 5) is 0. The number of hydrogen-bond donors (Lipinski definition) is 1. The van der Waals surface area contributed by atoms with Gasteiger partial charge in [0.05, 0.1) is 21.3 Å². The average molecular weight is 322 g/mol. The molecule has 8 heteroatoms. The fourth-order valence-electron chi connectivity index (χ4n) is 1.28. The van der Waals surface area contributed by atoms with Crippen LogP contribution in [0.2, 0.25) is 15.1 Å². The molecule has 0 spiro atoms. The fourth-order valence-corrected chi connectivity index (χ4v) is 2.14. The molecule has 2 aromatic rings. The number of halogens is 3. The van der Waals surface area contributed by atoms with Crippen LogP contribution >= 0.6 is 47.0 Å². The highest BCUT2D eigenvalue weighted by Gasteiger charge is 2.08. The normalized spacial score (nSPS) is 11.3. The second-order valence-electron chi connectivity index (χ2n) is 3.39. The standard InChI is InChI=1S/C10H7Cl3N4S/c1-5-15-16-10(18)17(5)14-4-6-7(11)2-3-8(12)9(6)13/h2-4H,1H3,(H,16,18)/b14-4-. The molecule has 2 rings (SSSR count). The summed E-state index contributed by atoms with van der Waals surface area (Å²) in [6.45, 7) is 1.77. The summed E-state index contributed by atoms with van der Waals surface area (Å²) in [6.07, 6.45) is 1.49. The molecule has 94 valence electrons. The first-order chi connectivity index (χ1) is 8.50. The van der Waals surface area contributed by atoms with Crippen LogP contribution in [-0.4, -0.2) is 21.1 Å². The highest BCUT2D eigenvalue weighted by Crippen LogP contribution is 2.30. The number of hydrogen-bond acceptors (Lipinski definition) is 3.